The number of amides is 1. The van der Waals surface area contributed by atoms with Gasteiger partial charge in [0.15, 0.2) is 5.58 Å². The van der Waals surface area contributed by atoms with Crippen molar-refractivity contribution < 1.29 is 90.8 Å². The number of nitrogens with zero attached hydrogens (tertiary/aromatic N) is 1. The topological polar surface area (TPSA) is 306 Å². The number of hydrogen-bond donors (Lipinski definition) is 6. The number of carboxylic acid groups (broad SMARTS) is 1. The fourth-order valence-electron chi connectivity index (χ4n) is 5.28. The van der Waals surface area contributed by atoms with Crippen LogP contribution in [0.1, 0.15) is 38.5 Å². The minimum absolute atomic E-state index is 0. The molecule has 8 rings (SSSR count). The van der Waals surface area contributed by atoms with Crippen LogP contribution in [0.4, 0.5) is 11.4 Å². The lowest BCUT2D eigenvalue weighted by molar-refractivity contribution is -0.00282. The lowest BCUT2D eigenvalue weighted by atomic mass is 10.2. The second kappa shape index (κ2) is 82.3. The van der Waals surface area contributed by atoms with Gasteiger partial charge in [0.2, 0.25) is 15.1 Å². The van der Waals surface area contributed by atoms with Gasteiger partial charge in [-0.1, -0.05) is 129 Å². The number of aliphatic hydroxyl groups is 3. The summed E-state index contributed by atoms with van der Waals surface area (Å²) in [5.74, 6) is 1.04. The van der Waals surface area contributed by atoms with Gasteiger partial charge in [-0.15, -0.1) is 23.2 Å². The highest BCUT2D eigenvalue weighted by Gasteiger charge is 2.09. The van der Waals surface area contributed by atoms with E-state index in [9.17, 15) is 14.4 Å². The Morgan fingerprint density at radius 2 is 0.798 bits per heavy atom. The molecule has 0 saturated heterocycles. The van der Waals surface area contributed by atoms with E-state index in [1.165, 1.54) is 0 Å². The van der Waals surface area contributed by atoms with Crippen molar-refractivity contribution >= 4 is 105 Å². The number of carbonyl (C=O) groups is 3. The summed E-state index contributed by atoms with van der Waals surface area (Å²) >= 11 is 14.7. The molecule has 0 aliphatic heterocycles. The lowest BCUT2D eigenvalue weighted by Crippen LogP contribution is -2.12. The zero-order chi connectivity index (χ0) is 72.3. The minimum Gasteiger partial charge on any atom is -0.495 e. The largest absolute Gasteiger partial charge is 0.495 e. The SMILES string of the molecule is C.CO.CO.CO.COC.COC.COCOC.COCOC.COCOC.COc1ccccc1N.COc1ccccc1NC(=O)c1ccccc1.ClCCl.O=C(Cl)c1ccccc1.O=C(O)c1ccccc1.O=S(Cl)Cl.c1ccc(-c2nc3ccccc3o2)cc1. The van der Waals surface area contributed by atoms with Crippen LogP contribution in [-0.4, -0.2) is 179 Å². The van der Waals surface area contributed by atoms with Gasteiger partial charge in [0, 0.05) is 130 Å². The Morgan fingerprint density at radius 3 is 1.10 bits per heavy atom. The molecule has 8 aromatic rings. The first-order valence-electron chi connectivity index (χ1n) is 26.2. The van der Waals surface area contributed by atoms with Gasteiger partial charge in [0.25, 0.3) is 11.1 Å². The van der Waals surface area contributed by atoms with Crippen molar-refractivity contribution in [3.05, 3.63) is 211 Å². The van der Waals surface area contributed by atoms with Crippen LogP contribution >= 0.6 is 56.2 Å². The van der Waals surface area contributed by atoms with E-state index in [2.05, 4.69) is 69.6 Å². The predicted octanol–water partition coefficient (Wildman–Crippen LogP) is 14.3. The number of methoxy groups -OCH3 is 10. The van der Waals surface area contributed by atoms with Crippen LogP contribution in [0.15, 0.2) is 199 Å². The van der Waals surface area contributed by atoms with Gasteiger partial charge in [-0.3, -0.25) is 9.59 Å². The summed E-state index contributed by atoms with van der Waals surface area (Å²) in [6.45, 7) is 1.17. The number of nitrogens with one attached hydrogen (secondary N) is 1. The molecule has 28 heteroatoms. The summed E-state index contributed by atoms with van der Waals surface area (Å²) in [7, 11) is 29.6. The molecule has 0 bridgehead atoms. The van der Waals surface area contributed by atoms with E-state index in [4.69, 9.17) is 79.1 Å². The first-order chi connectivity index (χ1) is 44.9. The average molecular weight is 1440 g/mol. The van der Waals surface area contributed by atoms with E-state index in [0.29, 0.717) is 60.1 Å². The number of fused-ring (bicyclic) bond motifs is 1. The molecule has 1 amide bonds. The Kier molecular flexibility index (Phi) is 90.4. The number of ether oxygens (including phenoxy) is 10. The van der Waals surface area contributed by atoms with E-state index in [1.54, 1.807) is 170 Å². The molecule has 0 radical (unpaired) electrons. The first-order valence-corrected chi connectivity index (χ1v) is 30.4. The summed E-state index contributed by atoms with van der Waals surface area (Å²) < 4.78 is 60.1. The molecule has 1 heterocycles. The molecule has 0 fully saturated rings. The van der Waals surface area contributed by atoms with Gasteiger partial charge in [0.05, 0.1) is 36.5 Å². The van der Waals surface area contributed by atoms with Crippen molar-refractivity contribution in [1.29, 1.82) is 0 Å². The zero-order valence-electron chi connectivity index (χ0n) is 55.0. The molecule has 0 saturated carbocycles. The predicted molar refractivity (Wildman–Crippen MR) is 384 cm³/mol. The van der Waals surface area contributed by atoms with Crippen molar-refractivity contribution in [1.82, 2.24) is 4.98 Å². The van der Waals surface area contributed by atoms with Crippen LogP contribution in [0, 0.1) is 0 Å². The minimum atomic E-state index is -1.67. The number of carbonyl (C=O) groups excluding carboxylic acids is 2. The second-order valence-corrected chi connectivity index (χ2v) is 18.8. The number of alkyl halides is 2. The number of nitrogen functional groups attached to an aromatic ring is 1. The number of oxazole rings is 1. The van der Waals surface area contributed by atoms with E-state index >= 15 is 0 Å². The van der Waals surface area contributed by atoms with Crippen molar-refractivity contribution in [3.8, 4) is 23.0 Å². The van der Waals surface area contributed by atoms with Gasteiger partial charge < -0.3 is 83.3 Å². The third-order valence-corrected chi connectivity index (χ3v) is 8.79. The number of para-hydroxylation sites is 6. The highest BCUT2D eigenvalue weighted by Crippen LogP contribution is 2.25. The Hall–Kier alpha value is -6.82. The summed E-state index contributed by atoms with van der Waals surface area (Å²) in [4.78, 5) is 36.9. The Balaban J connectivity index is -0.000000148. The quantitative estimate of drug-likeness (QED) is 0.0270. The van der Waals surface area contributed by atoms with E-state index < -0.39 is 20.4 Å². The zero-order valence-corrected chi connectivity index (χ0v) is 59.6. The van der Waals surface area contributed by atoms with Crippen LogP contribution in [0.5, 0.6) is 11.5 Å². The van der Waals surface area contributed by atoms with Gasteiger partial charge in [-0.2, -0.15) is 0 Å². The van der Waals surface area contributed by atoms with Crippen molar-refractivity contribution in [2.24, 2.45) is 0 Å². The summed E-state index contributed by atoms with van der Waals surface area (Å²) in [5.41, 5.74) is 11.1. The van der Waals surface area contributed by atoms with Crippen LogP contribution in [0.2, 0.25) is 0 Å². The van der Waals surface area contributed by atoms with Crippen LogP contribution < -0.4 is 20.5 Å². The highest BCUT2D eigenvalue weighted by atomic mass is 36.0. The number of anilines is 2. The summed E-state index contributed by atoms with van der Waals surface area (Å²) in [5, 5.41) is 32.0. The highest BCUT2D eigenvalue weighted by molar-refractivity contribution is 8.26. The molecule has 0 spiro atoms. The second-order valence-electron chi connectivity index (χ2n) is 15.1. The smallest absolute Gasteiger partial charge is 0.335 e. The maximum absolute atomic E-state index is 11.9. The maximum atomic E-state index is 11.9. The van der Waals surface area contributed by atoms with Crippen molar-refractivity contribution in [3.63, 3.8) is 0 Å². The number of aromatic carboxylic acids is 1. The molecular weight excluding hydrogens is 1350 g/mol. The number of halogens is 5. The fourth-order valence-corrected chi connectivity index (χ4v) is 5.40. The van der Waals surface area contributed by atoms with Gasteiger partial charge in [-0.05, 0) is 84.4 Å². The van der Waals surface area contributed by atoms with Gasteiger partial charge >= 0.3 is 5.97 Å². The standard InChI is InChI=1S/C14H13NO2.C13H9NO.C7H5ClO.C7H9NO.C7H6O2.3C3H8O2.2C2H6O.CH2Cl2.3CH4O.CH4.Cl2OS/c1-17-13-10-6-5-9-12(13)15-14(16)11-7-3-2-4-8-11;1-2-6-10(7-3-1)13-14-11-8-4-5-9-12(11)15-13;8-7(9)6-4-2-1-3-5-6;1-9-7-5-3-2-4-6(7)8;8-7(9)6-4-2-1-3-5-6;3*1-4-3-5-2;2*1-3-2;2-1-3;3*1-2;;1-4(2)3/h2-10H,1H3,(H,15,16);1-9H;1-5H;2-5H,8H2,1H3;1-5H,(H,8,9);3*3H2,1-2H3;2*1-2H3;1H2;3*2H,1H3;1H4;. The number of aromatic nitrogens is 1. The molecule has 530 valence electrons. The number of hydrogen-bond acceptors (Lipinski definition) is 20. The molecular formula is C66H96Cl5N3O19S. The molecule has 7 N–H and O–H groups in total. The monoisotopic (exact) mass is 1440 g/mol. The van der Waals surface area contributed by atoms with Gasteiger partial charge in [0.1, 0.15) is 37.4 Å². The summed E-state index contributed by atoms with van der Waals surface area (Å²) in [6.07, 6.45) is 0. The van der Waals surface area contributed by atoms with Gasteiger partial charge in [-0.25, -0.2) is 14.0 Å². The van der Waals surface area contributed by atoms with Crippen LogP contribution in [0.3, 0.4) is 0 Å². The normalized spacial score (nSPS) is 8.51. The van der Waals surface area contributed by atoms with Crippen molar-refractivity contribution in [2.75, 3.05) is 143 Å². The Morgan fingerprint density at radius 1 is 0.489 bits per heavy atom. The molecule has 94 heavy (non-hydrogen) atoms. The Labute approximate surface area is 582 Å². The van der Waals surface area contributed by atoms with E-state index in [-0.39, 0.29) is 18.7 Å². The molecule has 0 aliphatic carbocycles. The summed E-state index contributed by atoms with van der Waals surface area (Å²) in [6, 6.07) is 58.5. The maximum Gasteiger partial charge on any atom is 0.335 e. The molecule has 0 unspecified atom stereocenters. The van der Waals surface area contributed by atoms with Crippen molar-refractivity contribution in [2.45, 2.75) is 7.43 Å². The molecule has 7 aromatic carbocycles. The number of nitrogens with two attached hydrogens (primary N) is 1. The van der Waals surface area contributed by atoms with E-state index in [0.717, 1.165) is 43.7 Å². The molecule has 0 atom stereocenters. The van der Waals surface area contributed by atoms with Crippen LogP contribution in [-0.2, 0) is 47.1 Å². The average Bonchev–Trinajstić information content (AvgIpc) is 1.69. The van der Waals surface area contributed by atoms with Crippen LogP contribution in [0.25, 0.3) is 22.6 Å². The number of aliphatic hydroxyl groups excluding tert-OH is 3. The molecule has 22 nitrogen and oxygen atoms in total. The Bertz CT molecular complexity index is 2750. The lowest BCUT2D eigenvalue weighted by Gasteiger charge is -2.09. The fraction of sp³-hybridized carbons (Fsp3) is 0.303. The molecule has 1 aromatic heterocycles. The number of benzene rings is 7. The molecule has 0 aliphatic rings. The first kappa shape index (κ1) is 103. The third-order valence-electron chi connectivity index (χ3n) is 8.57. The number of carboxylic acids is 1. The number of rotatable bonds is 13. The third kappa shape index (κ3) is 65.3. The van der Waals surface area contributed by atoms with E-state index in [1.807, 2.05) is 109 Å².